The second kappa shape index (κ2) is 9.65. The molecule has 0 amide bonds. The van der Waals surface area contributed by atoms with Crippen LogP contribution in [0.1, 0.15) is 26.2 Å². The summed E-state index contributed by atoms with van der Waals surface area (Å²) in [6.07, 6.45) is 3.21. The Labute approximate surface area is 233 Å². The third-order valence-electron chi connectivity index (χ3n) is 7.91. The Morgan fingerprint density at radius 1 is 1.15 bits per heavy atom. The van der Waals surface area contributed by atoms with Gasteiger partial charge in [-0.3, -0.25) is 4.90 Å². The summed E-state index contributed by atoms with van der Waals surface area (Å²) in [5.41, 5.74) is 6.72. The van der Waals surface area contributed by atoms with E-state index in [1.807, 2.05) is 6.92 Å². The smallest absolute Gasteiger partial charge is 0.319 e. The Morgan fingerprint density at radius 2 is 1.92 bits per heavy atom. The summed E-state index contributed by atoms with van der Waals surface area (Å²) in [5, 5.41) is 4.50. The predicted octanol–water partition coefficient (Wildman–Crippen LogP) is 4.83. The number of likely N-dealkylation sites (tertiary alicyclic amines) is 1. The third-order valence-corrected chi connectivity index (χ3v) is 9.10. The lowest BCUT2D eigenvalue weighted by molar-refractivity contribution is 0.0977. The fourth-order valence-electron chi connectivity index (χ4n) is 6.01. The average molecular weight is 572 g/mol. The zero-order valence-electron chi connectivity index (χ0n) is 21.4. The van der Waals surface area contributed by atoms with E-state index in [0.29, 0.717) is 28.9 Å². The van der Waals surface area contributed by atoms with E-state index >= 15 is 4.39 Å². The van der Waals surface area contributed by atoms with Crippen molar-refractivity contribution in [2.24, 2.45) is 0 Å². The van der Waals surface area contributed by atoms with Crippen LogP contribution in [-0.2, 0) is 0 Å². The highest BCUT2D eigenvalue weighted by Gasteiger charge is 2.34. The first-order valence-corrected chi connectivity index (χ1v) is 14.5. The number of nitrogens with two attached hydrogens (primary N) is 1. The molecule has 3 fully saturated rings. The summed E-state index contributed by atoms with van der Waals surface area (Å²) in [5.74, 6) is -0.483. The van der Waals surface area contributed by atoms with E-state index in [2.05, 4.69) is 25.1 Å². The van der Waals surface area contributed by atoms with Gasteiger partial charge >= 0.3 is 6.01 Å². The van der Waals surface area contributed by atoms with Gasteiger partial charge in [0.2, 0.25) is 0 Å². The molecule has 12 heteroatoms. The maximum absolute atomic E-state index is 16.5. The molecule has 5 heterocycles. The monoisotopic (exact) mass is 571 g/mol. The first-order chi connectivity index (χ1) is 18.8. The van der Waals surface area contributed by atoms with Crippen molar-refractivity contribution in [3.05, 3.63) is 34.9 Å². The number of nitrogens with one attached hydrogen (secondary N) is 1. The van der Waals surface area contributed by atoms with E-state index in [1.54, 1.807) is 6.07 Å². The van der Waals surface area contributed by atoms with Crippen molar-refractivity contribution in [2.45, 2.75) is 44.4 Å². The van der Waals surface area contributed by atoms with Gasteiger partial charge in [-0.15, -0.1) is 0 Å². The van der Waals surface area contributed by atoms with E-state index in [9.17, 15) is 4.39 Å². The van der Waals surface area contributed by atoms with Gasteiger partial charge in [0.15, 0.2) is 10.9 Å². The molecule has 3 aliphatic heterocycles. The number of nitrogen functional groups attached to an aromatic ring is 1. The van der Waals surface area contributed by atoms with Crippen molar-refractivity contribution in [1.82, 2.24) is 25.2 Å². The third kappa shape index (κ3) is 4.45. The van der Waals surface area contributed by atoms with Crippen LogP contribution >= 0.6 is 22.9 Å². The minimum atomic E-state index is -0.626. The van der Waals surface area contributed by atoms with Crippen molar-refractivity contribution in [1.29, 1.82) is 0 Å². The first kappa shape index (κ1) is 25.1. The van der Waals surface area contributed by atoms with Crippen LogP contribution in [0.3, 0.4) is 0 Å². The molecule has 3 unspecified atom stereocenters. The van der Waals surface area contributed by atoms with Gasteiger partial charge in [0.1, 0.15) is 23.3 Å². The second-order valence-corrected chi connectivity index (χ2v) is 12.2. The molecule has 2 aromatic carbocycles. The van der Waals surface area contributed by atoms with Crippen molar-refractivity contribution < 1.29 is 13.5 Å². The average Bonchev–Trinajstić information content (AvgIpc) is 3.44. The Balaban J connectivity index is 1.38. The minimum absolute atomic E-state index is 0.101. The molecule has 3 atom stereocenters. The zero-order valence-corrected chi connectivity index (χ0v) is 23.0. The maximum atomic E-state index is 16.5. The summed E-state index contributed by atoms with van der Waals surface area (Å²) in [6.45, 7) is 6.33. The molecule has 2 bridgehead atoms. The molecule has 8 nitrogen and oxygen atoms in total. The molecule has 2 aromatic heterocycles. The van der Waals surface area contributed by atoms with Crippen molar-refractivity contribution >= 4 is 55.0 Å². The number of benzene rings is 2. The van der Waals surface area contributed by atoms with Gasteiger partial charge in [-0.05, 0) is 57.5 Å². The van der Waals surface area contributed by atoms with Crippen LogP contribution in [0.2, 0.25) is 5.02 Å². The molecule has 0 saturated carbocycles. The van der Waals surface area contributed by atoms with Gasteiger partial charge in [-0.25, -0.2) is 13.8 Å². The van der Waals surface area contributed by atoms with Crippen LogP contribution in [-0.4, -0.2) is 70.8 Å². The van der Waals surface area contributed by atoms with E-state index in [1.165, 1.54) is 18.6 Å². The van der Waals surface area contributed by atoms with Crippen LogP contribution in [0.4, 0.5) is 19.7 Å². The Bertz CT molecular complexity index is 1580. The number of nitrogens with zero attached hydrogens (tertiary/aromatic N) is 5. The van der Waals surface area contributed by atoms with E-state index in [0.717, 1.165) is 56.9 Å². The summed E-state index contributed by atoms with van der Waals surface area (Å²) < 4.78 is 37.5. The molecule has 0 radical (unpaired) electrons. The van der Waals surface area contributed by atoms with Crippen molar-refractivity contribution in [3.8, 4) is 17.1 Å². The number of ether oxygens (including phenoxy) is 1. The van der Waals surface area contributed by atoms with Crippen LogP contribution in [0.5, 0.6) is 6.01 Å². The summed E-state index contributed by atoms with van der Waals surface area (Å²) in [4.78, 5) is 18.1. The second-order valence-electron chi connectivity index (χ2n) is 10.7. The topological polar surface area (TPSA) is 92.4 Å². The zero-order chi connectivity index (χ0) is 26.8. The van der Waals surface area contributed by atoms with Crippen molar-refractivity contribution in [2.75, 3.05) is 43.4 Å². The van der Waals surface area contributed by atoms with E-state index in [-0.39, 0.29) is 43.6 Å². The van der Waals surface area contributed by atoms with E-state index < -0.39 is 11.6 Å². The predicted molar refractivity (Wildman–Crippen MR) is 151 cm³/mol. The number of anilines is 2. The highest BCUT2D eigenvalue weighted by atomic mass is 35.5. The van der Waals surface area contributed by atoms with Gasteiger partial charge in [0, 0.05) is 48.2 Å². The molecule has 204 valence electrons. The number of hydrogen-bond donors (Lipinski definition) is 2. The molecule has 7 rings (SSSR count). The molecule has 0 aliphatic carbocycles. The summed E-state index contributed by atoms with van der Waals surface area (Å²) in [7, 11) is 0. The molecule has 39 heavy (non-hydrogen) atoms. The summed E-state index contributed by atoms with van der Waals surface area (Å²) in [6, 6.07) is 5.30. The van der Waals surface area contributed by atoms with Crippen molar-refractivity contribution in [3.63, 3.8) is 0 Å². The van der Waals surface area contributed by atoms with Crippen LogP contribution in [0, 0.1) is 11.6 Å². The largest absolute Gasteiger partial charge is 0.459 e. The number of fused-ring (bicyclic) bond motifs is 4. The number of rotatable bonds is 6. The highest BCUT2D eigenvalue weighted by Crippen LogP contribution is 2.43. The van der Waals surface area contributed by atoms with Gasteiger partial charge < -0.3 is 20.7 Å². The van der Waals surface area contributed by atoms with Crippen LogP contribution in [0.15, 0.2) is 18.2 Å². The molecular weight excluding hydrogens is 544 g/mol. The molecule has 3 N–H and O–H groups in total. The number of halogens is 3. The Hall–Kier alpha value is -2.86. The maximum Gasteiger partial charge on any atom is 0.319 e. The highest BCUT2D eigenvalue weighted by molar-refractivity contribution is 7.22. The molecule has 3 aliphatic rings. The van der Waals surface area contributed by atoms with E-state index in [4.69, 9.17) is 27.1 Å². The number of piperazine rings is 1. The number of hydrogen-bond acceptors (Lipinski definition) is 9. The van der Waals surface area contributed by atoms with Gasteiger partial charge in [-0.1, -0.05) is 22.9 Å². The number of aromatic nitrogens is 3. The van der Waals surface area contributed by atoms with Crippen LogP contribution in [0.25, 0.3) is 32.2 Å². The Kier molecular flexibility index (Phi) is 6.22. The SMILES string of the molecule is CC(CN1CCC1)Oc1nc(N2CC3CCC(C2)N3)c2cc(Cl)c(-c3ccc(F)c4sc(N)nc34)c(F)c2n1. The first-order valence-electron chi connectivity index (χ1n) is 13.3. The summed E-state index contributed by atoms with van der Waals surface area (Å²) >= 11 is 7.78. The normalized spacial score (nSPS) is 22.0. The number of thiazole rings is 1. The van der Waals surface area contributed by atoms with Gasteiger partial charge in [-0.2, -0.15) is 9.97 Å². The lowest BCUT2D eigenvalue weighted by Gasteiger charge is -2.35. The standard InChI is InChI=1S/C27H28ClF2N7OS/c1-13(10-36-7-2-8-36)38-27-34-22-17(25(35-27)37-11-14-3-4-15(12-37)32-14)9-18(28)20(21(22)30)16-5-6-19(29)24-23(16)33-26(31)39-24/h5-6,9,13-15,32H,2-4,7-8,10-12H2,1H3,(H2,31,33). The molecule has 3 saturated heterocycles. The molecular formula is C27H28ClF2N7OS. The quantitative estimate of drug-likeness (QED) is 0.340. The van der Waals surface area contributed by atoms with Gasteiger partial charge in [0.25, 0.3) is 0 Å². The fourth-order valence-corrected chi connectivity index (χ4v) is 7.07. The lowest BCUT2D eigenvalue weighted by atomic mass is 10.0. The fraction of sp³-hybridized carbons (Fsp3) is 0.444. The molecule has 4 aromatic rings. The minimum Gasteiger partial charge on any atom is -0.459 e. The molecule has 0 spiro atoms. The Morgan fingerprint density at radius 3 is 2.64 bits per heavy atom. The lowest BCUT2D eigenvalue weighted by Crippen LogP contribution is -2.51. The van der Waals surface area contributed by atoms with Gasteiger partial charge in [0.05, 0.1) is 15.2 Å². The van der Waals surface area contributed by atoms with Crippen LogP contribution < -0.4 is 20.7 Å².